The summed E-state index contributed by atoms with van der Waals surface area (Å²) in [7, 11) is 0. The molecule has 4 aromatic rings. The van der Waals surface area contributed by atoms with Gasteiger partial charge in [-0.2, -0.15) is 9.97 Å². The van der Waals surface area contributed by atoms with E-state index in [1.54, 1.807) is 35.3 Å². The maximum absolute atomic E-state index is 13.7. The minimum Gasteiger partial charge on any atom is -0.339 e. The Hall–Kier alpha value is -2.81. The summed E-state index contributed by atoms with van der Waals surface area (Å²) in [6, 6.07) is 6.89. The molecule has 0 saturated carbocycles. The molecule has 7 nitrogen and oxygen atoms in total. The van der Waals surface area contributed by atoms with Crippen molar-refractivity contribution in [3.63, 3.8) is 0 Å². The van der Waals surface area contributed by atoms with Gasteiger partial charge in [0.25, 0.3) is 5.78 Å². The van der Waals surface area contributed by atoms with Crippen LogP contribution in [0.5, 0.6) is 0 Å². The number of hydrogen-bond acceptors (Lipinski definition) is 7. The minimum atomic E-state index is -0.278. The van der Waals surface area contributed by atoms with Crippen LogP contribution in [0.25, 0.3) is 17.2 Å². The van der Waals surface area contributed by atoms with Gasteiger partial charge in [-0.1, -0.05) is 29.1 Å². The van der Waals surface area contributed by atoms with Crippen LogP contribution in [0.1, 0.15) is 29.3 Å². The molecular formula is C19H19FN6OS. The average Bonchev–Trinajstić information content (AvgIpc) is 3.28. The highest BCUT2D eigenvalue weighted by Gasteiger charge is 2.11. The summed E-state index contributed by atoms with van der Waals surface area (Å²) in [6.07, 6.45) is 1.47. The van der Waals surface area contributed by atoms with Gasteiger partial charge < -0.3 is 4.52 Å². The maximum atomic E-state index is 13.7. The second-order valence-corrected chi connectivity index (χ2v) is 7.63. The topological polar surface area (TPSA) is 82.0 Å². The molecule has 0 radical (unpaired) electrons. The molecule has 0 atom stereocenters. The molecule has 0 aliphatic rings. The summed E-state index contributed by atoms with van der Waals surface area (Å²) in [5.74, 6) is 2.09. The molecule has 9 heteroatoms. The number of thioether (sulfide) groups is 1. The van der Waals surface area contributed by atoms with Crippen LogP contribution in [-0.2, 0) is 6.42 Å². The van der Waals surface area contributed by atoms with Gasteiger partial charge in [-0.15, -0.1) is 5.10 Å². The quantitative estimate of drug-likeness (QED) is 0.359. The van der Waals surface area contributed by atoms with E-state index < -0.39 is 0 Å². The SMILES string of the molecule is Cc1cc(C)n2nc(SCCCc3nc(-c4ccc(C)c(F)c4)no3)nc2n1. The monoisotopic (exact) mass is 398 g/mol. The van der Waals surface area contributed by atoms with Gasteiger partial charge in [0.05, 0.1) is 0 Å². The van der Waals surface area contributed by atoms with Gasteiger partial charge in [-0.3, -0.25) is 0 Å². The van der Waals surface area contributed by atoms with Gasteiger partial charge in [-0.05, 0) is 44.9 Å². The van der Waals surface area contributed by atoms with E-state index in [2.05, 4.69) is 25.2 Å². The molecule has 0 amide bonds. The van der Waals surface area contributed by atoms with E-state index >= 15 is 0 Å². The summed E-state index contributed by atoms with van der Waals surface area (Å²) in [5, 5.41) is 9.12. The number of halogens is 1. The zero-order chi connectivity index (χ0) is 19.7. The zero-order valence-electron chi connectivity index (χ0n) is 15.8. The number of rotatable bonds is 6. The van der Waals surface area contributed by atoms with E-state index in [4.69, 9.17) is 4.52 Å². The van der Waals surface area contributed by atoms with Crippen LogP contribution in [0.15, 0.2) is 33.9 Å². The Morgan fingerprint density at radius 3 is 2.79 bits per heavy atom. The van der Waals surface area contributed by atoms with Crippen molar-refractivity contribution >= 4 is 17.5 Å². The number of benzene rings is 1. The molecule has 0 aliphatic heterocycles. The highest BCUT2D eigenvalue weighted by Crippen LogP contribution is 2.20. The van der Waals surface area contributed by atoms with E-state index in [0.717, 1.165) is 23.6 Å². The lowest BCUT2D eigenvalue weighted by molar-refractivity contribution is 0.378. The number of aromatic nitrogens is 6. The summed E-state index contributed by atoms with van der Waals surface area (Å²) in [5.41, 5.74) is 3.13. The fraction of sp³-hybridized carbons (Fsp3) is 0.316. The third-order valence-corrected chi connectivity index (χ3v) is 5.19. The predicted octanol–water partition coefficient (Wildman–Crippen LogP) is 3.96. The fourth-order valence-corrected chi connectivity index (χ4v) is 3.56. The molecule has 144 valence electrons. The molecule has 0 fully saturated rings. The van der Waals surface area contributed by atoms with Crippen molar-refractivity contribution in [2.24, 2.45) is 0 Å². The first-order valence-corrected chi connectivity index (χ1v) is 9.91. The Kier molecular flexibility index (Phi) is 5.08. The molecule has 0 saturated heterocycles. The zero-order valence-corrected chi connectivity index (χ0v) is 16.6. The standard InChI is InChI=1S/C19H19FN6OS/c1-11-6-7-14(10-15(11)20)17-22-16(27-25-17)5-4-8-28-19-23-18-21-12(2)9-13(3)26(18)24-19/h6-7,9-10H,4-5,8H2,1-3H3. The Bertz CT molecular complexity index is 1140. The highest BCUT2D eigenvalue weighted by atomic mass is 32.2. The number of aryl methyl sites for hydroxylation is 4. The van der Waals surface area contributed by atoms with E-state index in [1.807, 2.05) is 19.9 Å². The van der Waals surface area contributed by atoms with E-state index in [9.17, 15) is 4.39 Å². The van der Waals surface area contributed by atoms with Crippen LogP contribution >= 0.6 is 11.8 Å². The Balaban J connectivity index is 1.34. The molecule has 28 heavy (non-hydrogen) atoms. The smallest absolute Gasteiger partial charge is 0.253 e. The van der Waals surface area contributed by atoms with Gasteiger partial charge in [0.15, 0.2) is 0 Å². The van der Waals surface area contributed by atoms with Crippen molar-refractivity contribution in [3.8, 4) is 11.4 Å². The molecule has 3 aromatic heterocycles. The molecular weight excluding hydrogens is 379 g/mol. The lowest BCUT2D eigenvalue weighted by atomic mass is 10.1. The third kappa shape index (κ3) is 3.89. The molecule has 0 unspecified atom stereocenters. The van der Waals surface area contributed by atoms with Crippen molar-refractivity contribution in [1.29, 1.82) is 0 Å². The maximum Gasteiger partial charge on any atom is 0.253 e. The largest absolute Gasteiger partial charge is 0.339 e. The number of fused-ring (bicyclic) bond motifs is 1. The van der Waals surface area contributed by atoms with Crippen molar-refractivity contribution in [1.82, 2.24) is 29.7 Å². The number of hydrogen-bond donors (Lipinski definition) is 0. The van der Waals surface area contributed by atoms with Crippen LogP contribution < -0.4 is 0 Å². The van der Waals surface area contributed by atoms with Crippen molar-refractivity contribution in [2.75, 3.05) is 5.75 Å². The van der Waals surface area contributed by atoms with E-state index in [0.29, 0.717) is 40.2 Å². The predicted molar refractivity (Wildman–Crippen MR) is 104 cm³/mol. The lowest BCUT2D eigenvalue weighted by Gasteiger charge is -1.97. The van der Waals surface area contributed by atoms with Crippen molar-refractivity contribution in [3.05, 3.63) is 52.9 Å². The second kappa shape index (κ2) is 7.67. The van der Waals surface area contributed by atoms with Crippen LogP contribution in [0, 0.1) is 26.6 Å². The summed E-state index contributed by atoms with van der Waals surface area (Å²) >= 11 is 1.56. The molecule has 0 bridgehead atoms. The van der Waals surface area contributed by atoms with Crippen molar-refractivity contribution in [2.45, 2.75) is 38.8 Å². The average molecular weight is 398 g/mol. The Morgan fingerprint density at radius 2 is 1.96 bits per heavy atom. The fourth-order valence-electron chi connectivity index (χ4n) is 2.80. The van der Waals surface area contributed by atoms with Gasteiger partial charge >= 0.3 is 0 Å². The van der Waals surface area contributed by atoms with Gasteiger partial charge in [0.2, 0.25) is 16.9 Å². The minimum absolute atomic E-state index is 0.278. The Morgan fingerprint density at radius 1 is 1.11 bits per heavy atom. The third-order valence-electron chi connectivity index (χ3n) is 4.26. The second-order valence-electron chi connectivity index (χ2n) is 6.57. The summed E-state index contributed by atoms with van der Waals surface area (Å²) in [4.78, 5) is 13.2. The molecule has 3 heterocycles. The van der Waals surface area contributed by atoms with Crippen LogP contribution in [0.3, 0.4) is 0 Å². The highest BCUT2D eigenvalue weighted by molar-refractivity contribution is 7.99. The van der Waals surface area contributed by atoms with Crippen LogP contribution in [-0.4, -0.2) is 35.5 Å². The van der Waals surface area contributed by atoms with Crippen LogP contribution in [0.2, 0.25) is 0 Å². The molecule has 0 spiro atoms. The summed E-state index contributed by atoms with van der Waals surface area (Å²) < 4.78 is 20.7. The molecule has 1 aromatic carbocycles. The first kappa shape index (κ1) is 18.5. The van der Waals surface area contributed by atoms with Crippen molar-refractivity contribution < 1.29 is 8.91 Å². The van der Waals surface area contributed by atoms with E-state index in [-0.39, 0.29) is 5.82 Å². The van der Waals surface area contributed by atoms with E-state index in [1.165, 1.54) is 6.07 Å². The van der Waals surface area contributed by atoms with Gasteiger partial charge in [-0.25, -0.2) is 13.9 Å². The normalized spacial score (nSPS) is 11.4. The molecule has 4 rings (SSSR count). The molecule has 0 aliphatic carbocycles. The van der Waals surface area contributed by atoms with Gasteiger partial charge in [0.1, 0.15) is 5.82 Å². The first-order chi connectivity index (χ1) is 13.5. The first-order valence-electron chi connectivity index (χ1n) is 8.92. The van der Waals surface area contributed by atoms with Crippen LogP contribution in [0.4, 0.5) is 4.39 Å². The Labute approximate surface area is 165 Å². The lowest BCUT2D eigenvalue weighted by Crippen LogP contribution is -1.97. The van der Waals surface area contributed by atoms with Gasteiger partial charge in [0, 0.05) is 29.1 Å². The molecule has 0 N–H and O–H groups in total. The number of nitrogens with zero attached hydrogens (tertiary/aromatic N) is 6. The summed E-state index contributed by atoms with van der Waals surface area (Å²) in [6.45, 7) is 5.64.